The van der Waals surface area contributed by atoms with Gasteiger partial charge in [-0.25, -0.2) is 0 Å². The summed E-state index contributed by atoms with van der Waals surface area (Å²) in [5.74, 6) is 0. The van der Waals surface area contributed by atoms with E-state index in [0.717, 1.165) is 34.6 Å². The molecule has 1 aromatic carbocycles. The van der Waals surface area contributed by atoms with Crippen LogP contribution in [-0.4, -0.2) is 19.2 Å². The van der Waals surface area contributed by atoms with E-state index in [9.17, 15) is 0 Å². The molecule has 2 nitrogen and oxygen atoms in total. The molecule has 0 unspecified atom stereocenters. The summed E-state index contributed by atoms with van der Waals surface area (Å²) in [5, 5.41) is 4.10. The van der Waals surface area contributed by atoms with Crippen molar-refractivity contribution in [2.75, 3.05) is 13.2 Å². The molecule has 4 heteroatoms. The van der Waals surface area contributed by atoms with Gasteiger partial charge < -0.3 is 10.1 Å². The van der Waals surface area contributed by atoms with Crippen molar-refractivity contribution in [1.82, 2.24) is 5.32 Å². The number of halogens is 2. The number of ether oxygens (including phenoxy) is 1. The van der Waals surface area contributed by atoms with Crippen LogP contribution in [0.2, 0.25) is 5.02 Å². The average Bonchev–Trinajstić information content (AvgIpc) is 2.25. The first-order chi connectivity index (χ1) is 8.09. The maximum Gasteiger partial charge on any atom is 0.0731 e. The van der Waals surface area contributed by atoms with E-state index in [1.54, 1.807) is 0 Å². The van der Waals surface area contributed by atoms with E-state index in [4.69, 9.17) is 16.3 Å². The van der Waals surface area contributed by atoms with Gasteiger partial charge in [0.15, 0.2) is 0 Å². The molecule has 0 fully saturated rings. The summed E-state index contributed by atoms with van der Waals surface area (Å²) in [6.07, 6.45) is 1.02. The lowest BCUT2D eigenvalue weighted by molar-refractivity contribution is 0.118. The molecule has 0 atom stereocenters. The fourth-order valence-corrected chi connectivity index (χ4v) is 2.11. The molecule has 0 spiro atoms. The van der Waals surface area contributed by atoms with Crippen molar-refractivity contribution < 1.29 is 4.74 Å². The van der Waals surface area contributed by atoms with E-state index in [1.807, 2.05) is 18.2 Å². The first-order valence-electron chi connectivity index (χ1n) is 5.84. The third-order valence-corrected chi connectivity index (χ3v) is 3.14. The molecular formula is C13H19BrClNO. The van der Waals surface area contributed by atoms with Gasteiger partial charge in [0.05, 0.1) is 6.61 Å². The van der Waals surface area contributed by atoms with Gasteiger partial charge in [0.25, 0.3) is 0 Å². The van der Waals surface area contributed by atoms with E-state index < -0.39 is 0 Å². The molecular weight excluding hydrogens is 302 g/mol. The highest BCUT2D eigenvalue weighted by Gasteiger charge is 2.01. The smallest absolute Gasteiger partial charge is 0.0731 e. The van der Waals surface area contributed by atoms with Crippen molar-refractivity contribution in [3.8, 4) is 0 Å². The second-order valence-electron chi connectivity index (χ2n) is 4.25. The number of hydrogen-bond acceptors (Lipinski definition) is 2. The molecule has 0 radical (unpaired) electrons. The maximum absolute atomic E-state index is 6.09. The lowest BCUT2D eigenvalue weighted by Gasteiger charge is -2.09. The highest BCUT2D eigenvalue weighted by atomic mass is 79.9. The molecule has 0 aromatic heterocycles. The monoisotopic (exact) mass is 319 g/mol. The predicted molar refractivity (Wildman–Crippen MR) is 76.6 cm³/mol. The molecule has 0 heterocycles. The molecule has 1 aromatic rings. The van der Waals surface area contributed by atoms with Crippen molar-refractivity contribution in [2.45, 2.75) is 32.9 Å². The highest BCUT2D eigenvalue weighted by molar-refractivity contribution is 9.10. The second kappa shape index (κ2) is 8.09. The van der Waals surface area contributed by atoms with Crippen LogP contribution >= 0.6 is 27.5 Å². The minimum atomic E-state index is 0.538. The van der Waals surface area contributed by atoms with Gasteiger partial charge in [-0.2, -0.15) is 0 Å². The van der Waals surface area contributed by atoms with Gasteiger partial charge in [0.1, 0.15) is 0 Å². The Labute approximate surface area is 117 Å². The topological polar surface area (TPSA) is 21.3 Å². The maximum atomic E-state index is 6.09. The summed E-state index contributed by atoms with van der Waals surface area (Å²) in [4.78, 5) is 0. The summed E-state index contributed by atoms with van der Waals surface area (Å²) >= 11 is 9.47. The summed E-state index contributed by atoms with van der Waals surface area (Å²) in [6, 6.07) is 6.39. The van der Waals surface area contributed by atoms with Crippen molar-refractivity contribution in [3.63, 3.8) is 0 Å². The Morgan fingerprint density at radius 1 is 1.41 bits per heavy atom. The number of benzene rings is 1. The molecule has 0 aliphatic rings. The molecule has 1 N–H and O–H groups in total. The molecule has 17 heavy (non-hydrogen) atoms. The largest absolute Gasteiger partial charge is 0.377 e. The highest BCUT2D eigenvalue weighted by Crippen LogP contribution is 2.21. The van der Waals surface area contributed by atoms with E-state index in [0.29, 0.717) is 12.6 Å². The average molecular weight is 321 g/mol. The third-order valence-electron chi connectivity index (χ3n) is 2.29. The third kappa shape index (κ3) is 6.41. The van der Waals surface area contributed by atoms with Crippen LogP contribution in [-0.2, 0) is 11.3 Å². The molecule has 96 valence electrons. The fraction of sp³-hybridized carbons (Fsp3) is 0.538. The zero-order valence-electron chi connectivity index (χ0n) is 10.3. The van der Waals surface area contributed by atoms with Crippen LogP contribution in [0.5, 0.6) is 0 Å². The molecule has 0 bridgehead atoms. The van der Waals surface area contributed by atoms with Gasteiger partial charge in [-0.1, -0.05) is 47.4 Å². The van der Waals surface area contributed by atoms with E-state index in [1.165, 1.54) is 0 Å². The quantitative estimate of drug-likeness (QED) is 0.767. The Hall–Kier alpha value is -0.0900. The zero-order chi connectivity index (χ0) is 12.7. The normalized spacial score (nSPS) is 11.1. The zero-order valence-corrected chi connectivity index (χ0v) is 12.6. The lowest BCUT2D eigenvalue weighted by Crippen LogP contribution is -2.24. The predicted octanol–water partition coefficient (Wildman–Crippen LogP) is 4.01. The number of rotatable bonds is 7. The van der Waals surface area contributed by atoms with Crippen LogP contribution in [0.1, 0.15) is 25.8 Å². The fourth-order valence-electron chi connectivity index (χ4n) is 1.39. The van der Waals surface area contributed by atoms with Crippen molar-refractivity contribution >= 4 is 27.5 Å². The standard InChI is InChI=1S/C13H19BrClNO/c1-10(2)16-6-3-7-17-9-11-4-5-12(14)8-13(11)15/h4-5,8,10,16H,3,6-7,9H2,1-2H3. The Balaban J connectivity index is 2.18. The van der Waals surface area contributed by atoms with E-state index >= 15 is 0 Å². The first kappa shape index (κ1) is 15.0. The van der Waals surface area contributed by atoms with Crippen molar-refractivity contribution in [2.24, 2.45) is 0 Å². The molecule has 0 saturated carbocycles. The lowest BCUT2D eigenvalue weighted by atomic mass is 10.2. The Morgan fingerprint density at radius 3 is 2.82 bits per heavy atom. The number of nitrogens with one attached hydrogen (secondary N) is 1. The molecule has 0 amide bonds. The van der Waals surface area contributed by atoms with Crippen LogP contribution < -0.4 is 5.32 Å². The van der Waals surface area contributed by atoms with Gasteiger partial charge in [-0.3, -0.25) is 0 Å². The first-order valence-corrected chi connectivity index (χ1v) is 7.01. The van der Waals surface area contributed by atoms with Crippen LogP contribution in [0, 0.1) is 0 Å². The van der Waals surface area contributed by atoms with Gasteiger partial charge >= 0.3 is 0 Å². The molecule has 0 saturated heterocycles. The summed E-state index contributed by atoms with van der Waals surface area (Å²) in [6.45, 7) is 6.61. The minimum absolute atomic E-state index is 0.538. The molecule has 0 aliphatic heterocycles. The van der Waals surface area contributed by atoms with Crippen LogP contribution in [0.4, 0.5) is 0 Å². The van der Waals surface area contributed by atoms with E-state index in [-0.39, 0.29) is 0 Å². The van der Waals surface area contributed by atoms with Gasteiger partial charge in [-0.15, -0.1) is 0 Å². The minimum Gasteiger partial charge on any atom is -0.377 e. The molecule has 0 aliphatic carbocycles. The Morgan fingerprint density at radius 2 is 2.18 bits per heavy atom. The summed E-state index contributed by atoms with van der Waals surface area (Å²) in [7, 11) is 0. The summed E-state index contributed by atoms with van der Waals surface area (Å²) < 4.78 is 6.58. The number of hydrogen-bond donors (Lipinski definition) is 1. The van der Waals surface area contributed by atoms with Crippen molar-refractivity contribution in [1.29, 1.82) is 0 Å². The van der Waals surface area contributed by atoms with Gasteiger partial charge in [0.2, 0.25) is 0 Å². The van der Waals surface area contributed by atoms with Gasteiger partial charge in [0, 0.05) is 22.1 Å². The van der Waals surface area contributed by atoms with Crippen LogP contribution in [0.15, 0.2) is 22.7 Å². The van der Waals surface area contributed by atoms with Crippen molar-refractivity contribution in [3.05, 3.63) is 33.3 Å². The van der Waals surface area contributed by atoms with Gasteiger partial charge in [-0.05, 0) is 30.7 Å². The summed E-state index contributed by atoms with van der Waals surface area (Å²) in [5.41, 5.74) is 1.03. The van der Waals surface area contributed by atoms with Crippen LogP contribution in [0.25, 0.3) is 0 Å². The molecule has 1 rings (SSSR count). The van der Waals surface area contributed by atoms with E-state index in [2.05, 4.69) is 35.1 Å². The second-order valence-corrected chi connectivity index (χ2v) is 5.57. The van der Waals surface area contributed by atoms with Crippen LogP contribution in [0.3, 0.4) is 0 Å². The SMILES string of the molecule is CC(C)NCCCOCc1ccc(Br)cc1Cl. The Kier molecular flexibility index (Phi) is 7.12. The Bertz CT molecular complexity index is 344.